The van der Waals surface area contributed by atoms with Crippen LogP contribution < -0.4 is 14.9 Å². The van der Waals surface area contributed by atoms with Gasteiger partial charge in [-0.05, 0) is 49.7 Å². The van der Waals surface area contributed by atoms with Crippen LogP contribution in [0.25, 0.3) is 11.5 Å². The highest BCUT2D eigenvalue weighted by atomic mass is 35.5. The Kier molecular flexibility index (Phi) is 8.95. The van der Waals surface area contributed by atoms with Gasteiger partial charge in [0.1, 0.15) is 5.82 Å². The van der Waals surface area contributed by atoms with Crippen LogP contribution in [0.5, 0.6) is 0 Å². The predicted octanol–water partition coefficient (Wildman–Crippen LogP) is 3.54. The maximum Gasteiger partial charge on any atom is 0.249 e. The molecule has 4 rings (SSSR count). The first-order chi connectivity index (χ1) is 19.2. The number of nitrogens with zero attached hydrogens (tertiary/aromatic N) is 6. The predicted molar refractivity (Wildman–Crippen MR) is 160 cm³/mol. The largest absolute Gasteiger partial charge is 0.419 e. The molecule has 1 aromatic carbocycles. The fourth-order valence-corrected chi connectivity index (χ4v) is 5.35. The number of benzene rings is 1. The molecule has 2 N–H and O–H groups in total. The zero-order valence-electron chi connectivity index (χ0n) is 24.3. The van der Waals surface area contributed by atoms with Gasteiger partial charge in [-0.15, -0.1) is 10.2 Å². The summed E-state index contributed by atoms with van der Waals surface area (Å²) in [6.07, 6.45) is 3.53. The molecule has 1 aliphatic carbocycles. The summed E-state index contributed by atoms with van der Waals surface area (Å²) in [6, 6.07) is 11.4. The smallest absolute Gasteiger partial charge is 0.249 e. The number of carbonyl (C=O) groups is 1. The number of pyridine rings is 1. The molecule has 13 heteroatoms. The van der Waals surface area contributed by atoms with Crippen LogP contribution in [0.2, 0.25) is 5.02 Å². The molecule has 0 bridgehead atoms. The third-order valence-electron chi connectivity index (χ3n) is 7.48. The van der Waals surface area contributed by atoms with E-state index >= 15 is 0 Å². The van der Waals surface area contributed by atoms with Crippen LogP contribution in [0.15, 0.2) is 40.8 Å². The van der Waals surface area contributed by atoms with Crippen LogP contribution in [0.4, 0.5) is 11.6 Å². The lowest BCUT2D eigenvalue weighted by Crippen LogP contribution is -2.38. The zero-order valence-corrected chi connectivity index (χ0v) is 25.9. The highest BCUT2D eigenvalue weighted by Crippen LogP contribution is 2.42. The van der Waals surface area contributed by atoms with Gasteiger partial charge in [0.05, 0.1) is 28.9 Å². The van der Waals surface area contributed by atoms with Crippen molar-refractivity contribution in [1.29, 1.82) is 0 Å². The molecule has 0 spiro atoms. The van der Waals surface area contributed by atoms with Gasteiger partial charge >= 0.3 is 0 Å². The Hall–Kier alpha value is -3.22. The van der Waals surface area contributed by atoms with Crippen molar-refractivity contribution in [3.05, 3.63) is 52.9 Å². The highest BCUT2D eigenvalue weighted by molar-refractivity contribution is 7.92. The van der Waals surface area contributed by atoms with Crippen LogP contribution in [0.1, 0.15) is 38.1 Å². The zero-order chi connectivity index (χ0) is 30.1. The number of carbonyl (C=O) groups excluding carboxylic acids is 1. The Balaban J connectivity index is 1.77. The molecule has 1 fully saturated rings. The summed E-state index contributed by atoms with van der Waals surface area (Å²) in [5.41, 5.74) is 6.92. The molecule has 0 aliphatic heterocycles. The van der Waals surface area contributed by atoms with Crippen molar-refractivity contribution >= 4 is 39.2 Å². The number of hydrogen-bond donors (Lipinski definition) is 1. The van der Waals surface area contributed by atoms with E-state index in [-0.39, 0.29) is 35.1 Å². The van der Waals surface area contributed by atoms with E-state index in [1.165, 1.54) is 11.9 Å². The Labute approximate surface area is 246 Å². The van der Waals surface area contributed by atoms with E-state index in [4.69, 9.17) is 21.8 Å². The maximum atomic E-state index is 12.8. The van der Waals surface area contributed by atoms with Crippen molar-refractivity contribution < 1.29 is 17.6 Å². The standard InChI is InChI=1S/C28H38ClN7O4S/c1-18-14-20(18)12-13-36(17-23(37)34(3)4)22-15-21(24(29)25(31-22)35(5)41(6,38)39)26-32-33-27(40-26)28(2,30)16-19-10-8-7-9-11-19/h7-11,15,18,20H,12-14,16-17,30H2,1-6H3/t18-,20-,28-/m1/s1. The molecular weight excluding hydrogens is 566 g/mol. The molecule has 2 aromatic heterocycles. The Morgan fingerprint density at radius 2 is 1.85 bits per heavy atom. The number of hydrogen-bond acceptors (Lipinski definition) is 9. The normalized spacial score (nSPS) is 18.0. The van der Waals surface area contributed by atoms with Gasteiger partial charge in [0.25, 0.3) is 0 Å². The average Bonchev–Trinajstić information content (AvgIpc) is 3.38. The molecule has 1 aliphatic rings. The molecule has 1 saturated carbocycles. The van der Waals surface area contributed by atoms with E-state index in [9.17, 15) is 13.2 Å². The third kappa shape index (κ3) is 7.35. The van der Waals surface area contributed by atoms with Crippen molar-refractivity contribution in [2.75, 3.05) is 49.7 Å². The van der Waals surface area contributed by atoms with E-state index in [0.717, 1.165) is 29.0 Å². The number of anilines is 2. The quantitative estimate of drug-likeness (QED) is 0.329. The second kappa shape index (κ2) is 11.9. The molecule has 1 amide bonds. The second-order valence-corrected chi connectivity index (χ2v) is 13.8. The second-order valence-electron chi connectivity index (χ2n) is 11.4. The lowest BCUT2D eigenvalue weighted by atomic mass is 9.94. The number of aromatic nitrogens is 3. The summed E-state index contributed by atoms with van der Waals surface area (Å²) in [4.78, 5) is 20.8. The molecule has 0 unspecified atom stereocenters. The number of likely N-dealkylation sites (N-methyl/N-ethyl adjacent to an activating group) is 1. The van der Waals surface area contributed by atoms with E-state index < -0.39 is 15.6 Å². The Morgan fingerprint density at radius 3 is 2.44 bits per heavy atom. The van der Waals surface area contributed by atoms with Gasteiger partial charge in [-0.1, -0.05) is 48.9 Å². The van der Waals surface area contributed by atoms with E-state index in [2.05, 4.69) is 22.1 Å². The van der Waals surface area contributed by atoms with Crippen LogP contribution in [-0.2, 0) is 26.8 Å². The minimum atomic E-state index is -3.73. The summed E-state index contributed by atoms with van der Waals surface area (Å²) in [5, 5.41) is 8.47. The monoisotopic (exact) mass is 603 g/mol. The molecule has 222 valence electrons. The lowest BCUT2D eigenvalue weighted by molar-refractivity contribution is -0.127. The van der Waals surface area contributed by atoms with Crippen molar-refractivity contribution in [2.45, 2.75) is 38.6 Å². The van der Waals surface area contributed by atoms with Gasteiger partial charge in [-0.3, -0.25) is 9.10 Å². The lowest BCUT2D eigenvalue weighted by Gasteiger charge is -2.27. The number of amides is 1. The van der Waals surface area contributed by atoms with E-state index in [0.29, 0.717) is 36.2 Å². The summed E-state index contributed by atoms with van der Waals surface area (Å²) in [5.74, 6) is 1.72. The van der Waals surface area contributed by atoms with Gasteiger partial charge < -0.3 is 20.0 Å². The molecule has 3 atom stereocenters. The van der Waals surface area contributed by atoms with Crippen LogP contribution in [0.3, 0.4) is 0 Å². The molecule has 11 nitrogen and oxygen atoms in total. The Bertz CT molecular complexity index is 1490. The molecule has 0 saturated heterocycles. The number of sulfonamides is 1. The highest BCUT2D eigenvalue weighted by Gasteiger charge is 2.34. The minimum Gasteiger partial charge on any atom is -0.419 e. The van der Waals surface area contributed by atoms with Crippen molar-refractivity contribution in [3.8, 4) is 11.5 Å². The SMILES string of the molecule is C[C@@H]1C[C@H]1CCN(CC(=O)N(C)C)c1cc(-c2nnc([C@](C)(N)Cc3ccccc3)o2)c(Cl)c(N(C)S(C)(=O)=O)n1. The van der Waals surface area contributed by atoms with Crippen LogP contribution in [0, 0.1) is 11.8 Å². The summed E-state index contributed by atoms with van der Waals surface area (Å²) >= 11 is 6.77. The maximum absolute atomic E-state index is 12.8. The van der Waals surface area contributed by atoms with E-state index in [1.54, 1.807) is 27.1 Å². The van der Waals surface area contributed by atoms with Crippen LogP contribution >= 0.6 is 11.6 Å². The average molecular weight is 604 g/mol. The minimum absolute atomic E-state index is 0.0108. The fraction of sp³-hybridized carbons (Fsp3) is 0.500. The third-order valence-corrected chi connectivity index (χ3v) is 9.02. The van der Waals surface area contributed by atoms with Crippen molar-refractivity contribution in [3.63, 3.8) is 0 Å². The number of nitrogens with two attached hydrogens (primary N) is 1. The number of halogens is 1. The first-order valence-electron chi connectivity index (χ1n) is 13.4. The first-order valence-corrected chi connectivity index (χ1v) is 15.7. The summed E-state index contributed by atoms with van der Waals surface area (Å²) < 4.78 is 32.1. The topological polar surface area (TPSA) is 139 Å². The summed E-state index contributed by atoms with van der Waals surface area (Å²) in [7, 11) is 1.02. The molecule has 41 heavy (non-hydrogen) atoms. The fourth-order valence-electron chi connectivity index (χ4n) is 4.55. The van der Waals surface area contributed by atoms with Gasteiger partial charge in [0.2, 0.25) is 27.7 Å². The van der Waals surface area contributed by atoms with E-state index in [1.807, 2.05) is 35.2 Å². The van der Waals surface area contributed by atoms with Crippen LogP contribution in [-0.4, -0.2) is 74.9 Å². The van der Waals surface area contributed by atoms with Crippen molar-refractivity contribution in [1.82, 2.24) is 20.1 Å². The van der Waals surface area contributed by atoms with Gasteiger partial charge in [0, 0.05) is 27.7 Å². The van der Waals surface area contributed by atoms with Crippen molar-refractivity contribution in [2.24, 2.45) is 17.6 Å². The number of rotatable bonds is 12. The molecule has 3 aromatic rings. The molecular formula is C28H38ClN7O4S. The van der Waals surface area contributed by atoms with Gasteiger partial charge in [0.15, 0.2) is 5.82 Å². The Morgan fingerprint density at radius 1 is 1.20 bits per heavy atom. The molecule has 0 radical (unpaired) electrons. The summed E-state index contributed by atoms with van der Waals surface area (Å²) in [6.45, 7) is 4.61. The first kappa shape index (κ1) is 30.7. The molecule has 2 heterocycles. The van der Waals surface area contributed by atoms with Gasteiger partial charge in [-0.2, -0.15) is 0 Å². The van der Waals surface area contributed by atoms with Gasteiger partial charge in [-0.25, -0.2) is 13.4 Å².